The minimum atomic E-state index is -3.92. The van der Waals surface area contributed by atoms with Gasteiger partial charge in [0.2, 0.25) is 10.0 Å². The number of aliphatic hydroxyl groups is 1. The van der Waals surface area contributed by atoms with Crippen LogP contribution in [0.5, 0.6) is 0 Å². The molecule has 0 bridgehead atoms. The fraction of sp³-hybridized carbons (Fsp3) is 0.333. The summed E-state index contributed by atoms with van der Waals surface area (Å²) >= 11 is 5.58. The number of nitro benzene ring substituents is 1. The van der Waals surface area contributed by atoms with Crippen LogP contribution in [0.15, 0.2) is 23.1 Å². The molecule has 1 atom stereocenters. The molecule has 9 heteroatoms. The monoisotopic (exact) mass is 294 g/mol. The van der Waals surface area contributed by atoms with Gasteiger partial charge in [0.25, 0.3) is 5.69 Å². The third kappa shape index (κ3) is 3.39. The second-order valence-corrected chi connectivity index (χ2v) is 5.70. The van der Waals surface area contributed by atoms with Crippen LogP contribution in [0.3, 0.4) is 0 Å². The Bertz CT molecular complexity index is 560. The number of nitro groups is 1. The van der Waals surface area contributed by atoms with Gasteiger partial charge in [-0.05, 0) is 19.1 Å². The van der Waals surface area contributed by atoms with Crippen LogP contribution in [-0.4, -0.2) is 31.1 Å². The van der Waals surface area contributed by atoms with Gasteiger partial charge in [0.05, 0.1) is 16.4 Å². The van der Waals surface area contributed by atoms with E-state index in [0.717, 1.165) is 18.2 Å². The number of sulfonamides is 1. The van der Waals surface area contributed by atoms with Crippen LogP contribution < -0.4 is 4.72 Å². The van der Waals surface area contributed by atoms with E-state index in [1.807, 2.05) is 0 Å². The Morgan fingerprint density at radius 1 is 1.56 bits per heavy atom. The molecule has 0 fully saturated rings. The van der Waals surface area contributed by atoms with Gasteiger partial charge in [-0.15, -0.1) is 0 Å². The normalized spacial score (nSPS) is 13.3. The smallest absolute Gasteiger partial charge is 0.289 e. The second-order valence-electron chi connectivity index (χ2n) is 3.58. The fourth-order valence-electron chi connectivity index (χ4n) is 1.17. The lowest BCUT2D eigenvalue weighted by Crippen LogP contribution is -2.35. The van der Waals surface area contributed by atoms with Crippen LogP contribution in [0, 0.1) is 10.1 Å². The predicted molar refractivity (Wildman–Crippen MR) is 65.0 cm³/mol. The molecule has 1 rings (SSSR count). The van der Waals surface area contributed by atoms with Gasteiger partial charge in [-0.1, -0.05) is 11.6 Å². The van der Waals surface area contributed by atoms with E-state index in [2.05, 4.69) is 4.72 Å². The first-order chi connectivity index (χ1) is 8.27. The van der Waals surface area contributed by atoms with E-state index < -0.39 is 26.7 Å². The van der Waals surface area contributed by atoms with Gasteiger partial charge < -0.3 is 5.11 Å². The van der Waals surface area contributed by atoms with Crippen LogP contribution in [0.25, 0.3) is 0 Å². The molecule has 0 spiro atoms. The van der Waals surface area contributed by atoms with Crippen molar-refractivity contribution < 1.29 is 18.4 Å². The Morgan fingerprint density at radius 3 is 2.67 bits per heavy atom. The van der Waals surface area contributed by atoms with Crippen LogP contribution in [0.1, 0.15) is 6.92 Å². The Kier molecular flexibility index (Phi) is 4.63. The minimum Gasteiger partial charge on any atom is -0.395 e. The number of nitrogens with one attached hydrogen (secondary N) is 1. The highest BCUT2D eigenvalue weighted by molar-refractivity contribution is 7.89. The van der Waals surface area contributed by atoms with Gasteiger partial charge in [-0.25, -0.2) is 13.1 Å². The van der Waals surface area contributed by atoms with Crippen LogP contribution in [0.4, 0.5) is 5.69 Å². The summed E-state index contributed by atoms with van der Waals surface area (Å²) in [5, 5.41) is 19.3. The van der Waals surface area contributed by atoms with E-state index in [4.69, 9.17) is 16.7 Å². The van der Waals surface area contributed by atoms with Crippen molar-refractivity contribution in [3.63, 3.8) is 0 Å². The van der Waals surface area contributed by atoms with Crippen molar-refractivity contribution in [1.29, 1.82) is 0 Å². The summed E-state index contributed by atoms with van der Waals surface area (Å²) in [5.41, 5.74) is -0.490. The first-order valence-electron chi connectivity index (χ1n) is 4.85. The van der Waals surface area contributed by atoms with Crippen molar-refractivity contribution in [1.82, 2.24) is 4.72 Å². The molecular formula is C9H11ClN2O5S. The molecule has 0 aliphatic rings. The summed E-state index contributed by atoms with van der Waals surface area (Å²) < 4.78 is 25.8. The second kappa shape index (κ2) is 5.61. The lowest BCUT2D eigenvalue weighted by atomic mass is 10.3. The van der Waals surface area contributed by atoms with Crippen LogP contribution >= 0.6 is 11.6 Å². The number of nitrogens with zero attached hydrogens (tertiary/aromatic N) is 1. The van der Waals surface area contributed by atoms with Gasteiger partial charge in [-0.3, -0.25) is 10.1 Å². The van der Waals surface area contributed by atoms with E-state index in [0.29, 0.717) is 0 Å². The highest BCUT2D eigenvalue weighted by Gasteiger charge is 2.21. The number of rotatable bonds is 5. The molecule has 0 saturated heterocycles. The molecule has 0 aromatic heterocycles. The maximum Gasteiger partial charge on any atom is 0.289 e. The molecule has 2 N–H and O–H groups in total. The number of benzene rings is 1. The summed E-state index contributed by atoms with van der Waals surface area (Å²) in [4.78, 5) is 9.60. The molecular weight excluding hydrogens is 284 g/mol. The summed E-state index contributed by atoms with van der Waals surface area (Å²) in [6.45, 7) is 1.08. The molecule has 100 valence electrons. The molecule has 0 saturated carbocycles. The Morgan fingerprint density at radius 2 is 2.17 bits per heavy atom. The Hall–Kier alpha value is -1.22. The fourth-order valence-corrected chi connectivity index (χ4v) is 2.61. The van der Waals surface area contributed by atoms with Gasteiger partial charge in [-0.2, -0.15) is 0 Å². The van der Waals surface area contributed by atoms with Crippen molar-refractivity contribution in [2.75, 3.05) is 6.61 Å². The SMILES string of the molecule is CC(CO)NS(=O)(=O)c1ccc(Cl)c([N+](=O)[O-])c1. The molecule has 0 amide bonds. The molecule has 0 heterocycles. The lowest BCUT2D eigenvalue weighted by molar-refractivity contribution is -0.384. The third-order valence-corrected chi connectivity index (χ3v) is 3.96. The molecule has 0 radical (unpaired) electrons. The van der Waals surface area contributed by atoms with Crippen LogP contribution in [-0.2, 0) is 10.0 Å². The average molecular weight is 295 g/mol. The van der Waals surface area contributed by atoms with Crippen molar-refractivity contribution in [3.05, 3.63) is 33.3 Å². The molecule has 1 aromatic rings. The summed E-state index contributed by atoms with van der Waals surface area (Å²) in [6, 6.07) is 2.47. The average Bonchev–Trinajstić information content (AvgIpc) is 2.28. The molecule has 1 unspecified atom stereocenters. The molecule has 1 aromatic carbocycles. The van der Waals surface area contributed by atoms with Crippen molar-refractivity contribution in [3.8, 4) is 0 Å². The standard InChI is InChI=1S/C9H11ClN2O5S/c1-6(5-13)11-18(16,17)7-2-3-8(10)9(4-7)12(14)15/h2-4,6,11,13H,5H2,1H3. The topological polar surface area (TPSA) is 110 Å². The van der Waals surface area contributed by atoms with Crippen molar-refractivity contribution in [2.24, 2.45) is 0 Å². The van der Waals surface area contributed by atoms with E-state index in [1.165, 1.54) is 6.92 Å². The zero-order valence-corrected chi connectivity index (χ0v) is 10.9. The maximum absolute atomic E-state index is 11.8. The quantitative estimate of drug-likeness (QED) is 0.619. The van der Waals surface area contributed by atoms with E-state index >= 15 is 0 Å². The highest BCUT2D eigenvalue weighted by atomic mass is 35.5. The largest absolute Gasteiger partial charge is 0.395 e. The maximum atomic E-state index is 11.8. The highest BCUT2D eigenvalue weighted by Crippen LogP contribution is 2.26. The summed E-state index contributed by atoms with van der Waals surface area (Å²) in [5.74, 6) is 0. The van der Waals surface area contributed by atoms with Crippen LogP contribution in [0.2, 0.25) is 5.02 Å². The molecule has 0 aliphatic heterocycles. The first-order valence-corrected chi connectivity index (χ1v) is 6.71. The van der Waals surface area contributed by atoms with E-state index in [9.17, 15) is 18.5 Å². The Labute approximate surface area is 109 Å². The van der Waals surface area contributed by atoms with Gasteiger partial charge in [0.15, 0.2) is 0 Å². The summed E-state index contributed by atoms with van der Waals surface area (Å²) in [7, 11) is -3.92. The first kappa shape index (κ1) is 14.8. The van der Waals surface area contributed by atoms with Crippen molar-refractivity contribution in [2.45, 2.75) is 17.9 Å². The van der Waals surface area contributed by atoms with Gasteiger partial charge >= 0.3 is 0 Å². The number of aliphatic hydroxyl groups excluding tert-OH is 1. The zero-order chi connectivity index (χ0) is 13.9. The molecule has 0 aliphatic carbocycles. The Balaban J connectivity index is 3.18. The van der Waals surface area contributed by atoms with Gasteiger partial charge in [0, 0.05) is 12.1 Å². The van der Waals surface area contributed by atoms with E-state index in [1.54, 1.807) is 0 Å². The number of halogens is 1. The summed E-state index contributed by atoms with van der Waals surface area (Å²) in [6.07, 6.45) is 0. The number of hydrogen-bond donors (Lipinski definition) is 2. The van der Waals surface area contributed by atoms with Gasteiger partial charge in [0.1, 0.15) is 5.02 Å². The van der Waals surface area contributed by atoms with E-state index in [-0.39, 0.29) is 16.5 Å². The zero-order valence-electron chi connectivity index (χ0n) is 9.33. The predicted octanol–water partition coefficient (Wildman–Crippen LogP) is 0.907. The molecule has 7 nitrogen and oxygen atoms in total. The number of hydrogen-bond acceptors (Lipinski definition) is 5. The lowest BCUT2D eigenvalue weighted by Gasteiger charge is -2.11. The molecule has 18 heavy (non-hydrogen) atoms. The van der Waals surface area contributed by atoms with Crippen molar-refractivity contribution >= 4 is 27.3 Å². The minimum absolute atomic E-state index is 0.144. The third-order valence-electron chi connectivity index (χ3n) is 2.05.